The number of hydrogen-bond donors (Lipinski definition) is 1. The van der Waals surface area contributed by atoms with Gasteiger partial charge in [0.15, 0.2) is 0 Å². The molecular formula is C16H20N2S2. The molecule has 106 valence electrons. The second kappa shape index (κ2) is 7.04. The Morgan fingerprint density at radius 2 is 1.95 bits per heavy atom. The molecule has 0 aliphatic heterocycles. The molecule has 0 saturated carbocycles. The van der Waals surface area contributed by atoms with Crippen LogP contribution in [-0.4, -0.2) is 9.97 Å². The Kier molecular flexibility index (Phi) is 5.38. The largest absolute Gasteiger partial charge is 0.346 e. The smallest absolute Gasteiger partial charge is 0.130 e. The Morgan fingerprint density at radius 3 is 2.60 bits per heavy atom. The van der Waals surface area contributed by atoms with Crippen molar-refractivity contribution in [3.8, 4) is 0 Å². The number of aryl methyl sites for hydroxylation is 1. The Bertz CT molecular complexity index is 615. The van der Waals surface area contributed by atoms with E-state index in [2.05, 4.69) is 55.0 Å². The van der Waals surface area contributed by atoms with Crippen LogP contribution in [0, 0.1) is 17.5 Å². The van der Waals surface area contributed by atoms with Gasteiger partial charge in [-0.05, 0) is 37.5 Å². The number of aromatic nitrogens is 2. The van der Waals surface area contributed by atoms with Crippen LogP contribution < -0.4 is 0 Å². The SMILES string of the molecule is Cc1ccc(SCc2nc(=S)cc(CC(C)C)[nH]2)cc1. The molecule has 0 aliphatic rings. The molecule has 0 amide bonds. The molecule has 1 aromatic carbocycles. The normalized spacial score (nSPS) is 11.0. The van der Waals surface area contributed by atoms with Gasteiger partial charge in [-0.15, -0.1) is 11.8 Å². The Labute approximate surface area is 130 Å². The van der Waals surface area contributed by atoms with Gasteiger partial charge in [-0.3, -0.25) is 0 Å². The maximum absolute atomic E-state index is 5.25. The minimum absolute atomic E-state index is 0.612. The molecule has 0 spiro atoms. The fraction of sp³-hybridized carbons (Fsp3) is 0.375. The molecule has 0 saturated heterocycles. The van der Waals surface area contributed by atoms with Crippen molar-refractivity contribution in [3.63, 3.8) is 0 Å². The van der Waals surface area contributed by atoms with E-state index in [4.69, 9.17) is 12.2 Å². The zero-order valence-electron chi connectivity index (χ0n) is 12.1. The summed E-state index contributed by atoms with van der Waals surface area (Å²) in [5, 5.41) is 0. The highest BCUT2D eigenvalue weighted by atomic mass is 32.2. The zero-order valence-corrected chi connectivity index (χ0v) is 13.8. The van der Waals surface area contributed by atoms with E-state index >= 15 is 0 Å². The zero-order chi connectivity index (χ0) is 14.5. The lowest BCUT2D eigenvalue weighted by atomic mass is 10.1. The average molecular weight is 304 g/mol. The number of thioether (sulfide) groups is 1. The first-order valence-electron chi connectivity index (χ1n) is 6.81. The first-order valence-corrected chi connectivity index (χ1v) is 8.21. The van der Waals surface area contributed by atoms with E-state index in [-0.39, 0.29) is 0 Å². The average Bonchev–Trinajstić information content (AvgIpc) is 2.36. The van der Waals surface area contributed by atoms with Crippen LogP contribution in [0.2, 0.25) is 0 Å². The van der Waals surface area contributed by atoms with E-state index in [1.165, 1.54) is 16.2 Å². The third-order valence-electron chi connectivity index (χ3n) is 2.87. The van der Waals surface area contributed by atoms with Gasteiger partial charge in [-0.2, -0.15) is 0 Å². The second-order valence-electron chi connectivity index (χ2n) is 5.39. The number of benzene rings is 1. The first-order chi connectivity index (χ1) is 9.52. The summed E-state index contributed by atoms with van der Waals surface area (Å²) in [4.78, 5) is 9.07. The minimum Gasteiger partial charge on any atom is -0.346 e. The Balaban J connectivity index is 2.07. The molecule has 4 heteroatoms. The van der Waals surface area contributed by atoms with Gasteiger partial charge in [0.25, 0.3) is 0 Å². The van der Waals surface area contributed by atoms with Crippen molar-refractivity contribution in [1.82, 2.24) is 9.97 Å². The maximum atomic E-state index is 5.25. The first kappa shape index (κ1) is 15.3. The fourth-order valence-corrected chi connectivity index (χ4v) is 2.99. The molecule has 0 fully saturated rings. The van der Waals surface area contributed by atoms with Gasteiger partial charge in [0.1, 0.15) is 10.5 Å². The van der Waals surface area contributed by atoms with Gasteiger partial charge in [0.05, 0.1) is 5.75 Å². The predicted molar refractivity (Wildman–Crippen MR) is 88.7 cm³/mol. The Morgan fingerprint density at radius 1 is 1.25 bits per heavy atom. The number of H-pyrrole nitrogens is 1. The van der Waals surface area contributed by atoms with Gasteiger partial charge in [-0.1, -0.05) is 43.8 Å². The molecule has 2 aromatic rings. The summed E-state index contributed by atoms with van der Waals surface area (Å²) in [6.07, 6.45) is 1.01. The van der Waals surface area contributed by atoms with Crippen LogP contribution >= 0.6 is 24.0 Å². The molecule has 2 rings (SSSR count). The number of hydrogen-bond acceptors (Lipinski definition) is 3. The van der Waals surface area contributed by atoms with Gasteiger partial charge >= 0.3 is 0 Å². The third-order valence-corrected chi connectivity index (χ3v) is 4.10. The number of aromatic amines is 1. The van der Waals surface area contributed by atoms with Crippen LogP contribution in [0.4, 0.5) is 0 Å². The van der Waals surface area contributed by atoms with Gasteiger partial charge in [-0.25, -0.2) is 4.98 Å². The molecule has 0 bridgehead atoms. The van der Waals surface area contributed by atoms with Gasteiger partial charge in [0, 0.05) is 10.6 Å². The molecule has 0 aliphatic carbocycles. The number of nitrogens with one attached hydrogen (secondary N) is 1. The van der Waals surface area contributed by atoms with Crippen molar-refractivity contribution < 1.29 is 0 Å². The van der Waals surface area contributed by atoms with Gasteiger partial charge < -0.3 is 4.98 Å². The quantitative estimate of drug-likeness (QED) is 0.626. The number of nitrogens with zero attached hydrogens (tertiary/aromatic N) is 1. The predicted octanol–water partition coefficient (Wildman–Crippen LogP) is 4.94. The van der Waals surface area contributed by atoms with E-state index in [9.17, 15) is 0 Å². The summed E-state index contributed by atoms with van der Waals surface area (Å²) >= 11 is 7.03. The van der Waals surface area contributed by atoms with Crippen LogP contribution in [0.3, 0.4) is 0 Å². The van der Waals surface area contributed by atoms with Crippen molar-refractivity contribution >= 4 is 24.0 Å². The van der Waals surface area contributed by atoms with Gasteiger partial charge in [0.2, 0.25) is 0 Å². The summed E-state index contributed by atoms with van der Waals surface area (Å²) in [6, 6.07) is 10.5. The molecule has 2 nitrogen and oxygen atoms in total. The Hall–Kier alpha value is -1.13. The van der Waals surface area contributed by atoms with Crippen LogP contribution in [0.15, 0.2) is 35.2 Å². The lowest BCUT2D eigenvalue weighted by Gasteiger charge is -2.08. The molecule has 20 heavy (non-hydrogen) atoms. The number of rotatable bonds is 5. The van der Waals surface area contributed by atoms with Crippen LogP contribution in [-0.2, 0) is 12.2 Å². The highest BCUT2D eigenvalue weighted by Gasteiger charge is 2.03. The van der Waals surface area contributed by atoms with E-state index in [0.29, 0.717) is 10.6 Å². The summed E-state index contributed by atoms with van der Waals surface area (Å²) in [5.41, 5.74) is 2.46. The van der Waals surface area contributed by atoms with Crippen molar-refractivity contribution in [2.45, 2.75) is 37.8 Å². The standard InChI is InChI=1S/C16H20N2S2/c1-11(2)8-13-9-16(19)18-15(17-13)10-20-14-6-4-12(3)5-7-14/h4-7,9,11H,8,10H2,1-3H3,(H,17,18,19). The highest BCUT2D eigenvalue weighted by Crippen LogP contribution is 2.21. The topological polar surface area (TPSA) is 28.7 Å². The lowest BCUT2D eigenvalue weighted by Crippen LogP contribution is -2.02. The van der Waals surface area contributed by atoms with Crippen molar-refractivity contribution in [1.29, 1.82) is 0 Å². The molecule has 0 unspecified atom stereocenters. The lowest BCUT2D eigenvalue weighted by molar-refractivity contribution is 0.631. The summed E-state index contributed by atoms with van der Waals surface area (Å²) in [7, 11) is 0. The molecule has 1 N–H and O–H groups in total. The molecular weight excluding hydrogens is 284 g/mol. The summed E-state index contributed by atoms with van der Waals surface area (Å²) < 4.78 is 0.680. The van der Waals surface area contributed by atoms with E-state index in [1.807, 2.05) is 6.07 Å². The monoisotopic (exact) mass is 304 g/mol. The van der Waals surface area contributed by atoms with Crippen LogP contribution in [0.1, 0.15) is 30.9 Å². The highest BCUT2D eigenvalue weighted by molar-refractivity contribution is 7.98. The summed E-state index contributed by atoms with van der Waals surface area (Å²) in [6.45, 7) is 6.51. The van der Waals surface area contributed by atoms with Crippen molar-refractivity contribution in [3.05, 3.63) is 52.1 Å². The molecule has 1 heterocycles. The van der Waals surface area contributed by atoms with E-state index < -0.39 is 0 Å². The molecule has 0 atom stereocenters. The van der Waals surface area contributed by atoms with Crippen LogP contribution in [0.25, 0.3) is 0 Å². The van der Waals surface area contributed by atoms with Crippen molar-refractivity contribution in [2.75, 3.05) is 0 Å². The molecule has 0 radical (unpaired) electrons. The summed E-state index contributed by atoms with van der Waals surface area (Å²) in [5.74, 6) is 2.39. The molecule has 1 aromatic heterocycles. The second-order valence-corrected chi connectivity index (χ2v) is 6.86. The minimum atomic E-state index is 0.612. The van der Waals surface area contributed by atoms with E-state index in [0.717, 1.165) is 18.0 Å². The third kappa shape index (κ3) is 4.76. The fourth-order valence-electron chi connectivity index (χ4n) is 1.97. The van der Waals surface area contributed by atoms with Crippen molar-refractivity contribution in [2.24, 2.45) is 5.92 Å². The van der Waals surface area contributed by atoms with Crippen LogP contribution in [0.5, 0.6) is 0 Å². The maximum Gasteiger partial charge on any atom is 0.130 e. The van der Waals surface area contributed by atoms with E-state index in [1.54, 1.807) is 11.8 Å².